The summed E-state index contributed by atoms with van der Waals surface area (Å²) in [6.45, 7) is 0. The van der Waals surface area contributed by atoms with Crippen molar-refractivity contribution in [2.75, 3.05) is 12.4 Å². The van der Waals surface area contributed by atoms with Crippen LogP contribution in [0, 0.1) is 0 Å². The number of furan rings is 1. The summed E-state index contributed by atoms with van der Waals surface area (Å²) in [4.78, 5) is 16.9. The van der Waals surface area contributed by atoms with Gasteiger partial charge >= 0.3 is 0 Å². The maximum absolute atomic E-state index is 12.5. The Morgan fingerprint density at radius 2 is 2.08 bits per heavy atom. The molecule has 0 saturated heterocycles. The number of ether oxygens (including phenoxy) is 1. The predicted molar refractivity (Wildman–Crippen MR) is 106 cm³/mol. The summed E-state index contributed by atoms with van der Waals surface area (Å²) in [7, 11) is 1.62. The number of amides is 1. The Bertz CT molecular complexity index is 1100. The molecule has 0 aliphatic heterocycles. The number of thiazole rings is 1. The zero-order chi connectivity index (χ0) is 18.1. The average molecular weight is 429 g/mol. The normalized spacial score (nSPS) is 10.8. The summed E-state index contributed by atoms with van der Waals surface area (Å²) in [5.41, 5.74) is 2.28. The number of benzene rings is 2. The fourth-order valence-electron chi connectivity index (χ4n) is 2.60. The van der Waals surface area contributed by atoms with Crippen molar-refractivity contribution in [3.8, 4) is 17.0 Å². The molecular weight excluding hydrogens is 416 g/mol. The number of methoxy groups -OCH3 is 1. The second-order valence-corrected chi connectivity index (χ2v) is 7.26. The van der Waals surface area contributed by atoms with E-state index in [-0.39, 0.29) is 11.7 Å². The second-order valence-electron chi connectivity index (χ2n) is 5.49. The van der Waals surface area contributed by atoms with Gasteiger partial charge in [0, 0.05) is 20.8 Å². The maximum Gasteiger partial charge on any atom is 0.293 e. The van der Waals surface area contributed by atoms with Gasteiger partial charge < -0.3 is 9.15 Å². The van der Waals surface area contributed by atoms with Crippen LogP contribution < -0.4 is 10.1 Å². The first-order valence-electron chi connectivity index (χ1n) is 7.73. The van der Waals surface area contributed by atoms with E-state index in [9.17, 15) is 4.79 Å². The molecule has 1 N–H and O–H groups in total. The smallest absolute Gasteiger partial charge is 0.293 e. The molecule has 4 aromatic rings. The molecule has 4 rings (SSSR count). The Morgan fingerprint density at radius 1 is 1.23 bits per heavy atom. The Morgan fingerprint density at radius 3 is 2.92 bits per heavy atom. The molecular formula is C19H13BrN2O3S. The fraction of sp³-hybridized carbons (Fsp3) is 0.0526. The molecule has 0 atom stereocenters. The van der Waals surface area contributed by atoms with Crippen LogP contribution in [0.2, 0.25) is 0 Å². The number of hydrogen-bond acceptors (Lipinski definition) is 5. The number of fused-ring (bicyclic) bond motifs is 1. The van der Waals surface area contributed by atoms with Gasteiger partial charge in [-0.15, -0.1) is 11.3 Å². The lowest BCUT2D eigenvalue weighted by molar-refractivity contribution is 0.0998. The van der Waals surface area contributed by atoms with Crippen molar-refractivity contribution < 1.29 is 13.9 Å². The van der Waals surface area contributed by atoms with Gasteiger partial charge in [-0.1, -0.05) is 28.1 Å². The van der Waals surface area contributed by atoms with Crippen molar-refractivity contribution >= 4 is 49.3 Å². The van der Waals surface area contributed by atoms with Crippen molar-refractivity contribution in [2.24, 2.45) is 0 Å². The number of rotatable bonds is 4. The van der Waals surface area contributed by atoms with Crippen molar-refractivity contribution in [1.29, 1.82) is 0 Å². The number of halogens is 1. The molecule has 0 saturated carbocycles. The first-order chi connectivity index (χ1) is 12.6. The summed E-state index contributed by atoms with van der Waals surface area (Å²) >= 11 is 4.76. The summed E-state index contributed by atoms with van der Waals surface area (Å²) in [5.74, 6) is 0.643. The number of aromatic nitrogens is 1. The monoisotopic (exact) mass is 428 g/mol. The third-order valence-corrected chi connectivity index (χ3v) is 5.06. The lowest BCUT2D eigenvalue weighted by Gasteiger charge is -2.04. The van der Waals surface area contributed by atoms with Gasteiger partial charge in [0.05, 0.1) is 12.8 Å². The lowest BCUT2D eigenvalue weighted by Crippen LogP contribution is -2.10. The van der Waals surface area contributed by atoms with Gasteiger partial charge in [0.1, 0.15) is 11.3 Å². The quantitative estimate of drug-likeness (QED) is 0.460. The molecule has 0 radical (unpaired) electrons. The molecule has 130 valence electrons. The molecule has 2 aromatic carbocycles. The van der Waals surface area contributed by atoms with Crippen LogP contribution in [0.4, 0.5) is 5.13 Å². The van der Waals surface area contributed by atoms with Crippen LogP contribution in [0.5, 0.6) is 5.75 Å². The second kappa shape index (κ2) is 6.93. The number of carbonyl (C=O) groups excluding carboxylic acids is 1. The standard InChI is InChI=1S/C19H13BrN2O3S/c1-24-16-5-3-2-4-13(16)14-10-26-19(21-14)22-18(23)17-9-11-8-12(20)6-7-15(11)25-17/h2-10H,1H3,(H,21,22,23). The van der Waals surface area contributed by atoms with Crippen LogP contribution in [-0.4, -0.2) is 18.0 Å². The van der Waals surface area contributed by atoms with Gasteiger partial charge in [0.25, 0.3) is 5.91 Å². The van der Waals surface area contributed by atoms with Gasteiger partial charge in [-0.3, -0.25) is 10.1 Å². The molecule has 0 bridgehead atoms. The number of hydrogen-bond donors (Lipinski definition) is 1. The summed E-state index contributed by atoms with van der Waals surface area (Å²) in [6, 6.07) is 14.9. The lowest BCUT2D eigenvalue weighted by atomic mass is 10.1. The highest BCUT2D eigenvalue weighted by Crippen LogP contribution is 2.32. The molecule has 0 fully saturated rings. The van der Waals surface area contributed by atoms with Crippen molar-refractivity contribution in [1.82, 2.24) is 4.98 Å². The van der Waals surface area contributed by atoms with E-state index in [4.69, 9.17) is 9.15 Å². The molecule has 0 aliphatic carbocycles. The van der Waals surface area contributed by atoms with Gasteiger partial charge in [-0.2, -0.15) is 0 Å². The highest BCUT2D eigenvalue weighted by atomic mass is 79.9. The molecule has 0 aliphatic rings. The molecule has 7 heteroatoms. The number of para-hydroxylation sites is 1. The summed E-state index contributed by atoms with van der Waals surface area (Å²) < 4.78 is 11.9. The van der Waals surface area contributed by atoms with Gasteiger partial charge in [0.15, 0.2) is 10.9 Å². The Kier molecular flexibility index (Phi) is 4.48. The van der Waals surface area contributed by atoms with Crippen LogP contribution in [-0.2, 0) is 0 Å². The molecule has 5 nitrogen and oxygen atoms in total. The van der Waals surface area contributed by atoms with Crippen LogP contribution in [0.15, 0.2) is 62.8 Å². The maximum atomic E-state index is 12.5. The van der Waals surface area contributed by atoms with E-state index in [0.717, 1.165) is 26.9 Å². The van der Waals surface area contributed by atoms with Gasteiger partial charge in [-0.05, 0) is 36.4 Å². The SMILES string of the molecule is COc1ccccc1-c1csc(NC(=O)c2cc3cc(Br)ccc3o2)n1. The van der Waals surface area contributed by atoms with Crippen LogP contribution >= 0.6 is 27.3 Å². The number of carbonyl (C=O) groups is 1. The third kappa shape index (κ3) is 3.23. The van der Waals surface area contributed by atoms with E-state index in [1.165, 1.54) is 11.3 Å². The van der Waals surface area contributed by atoms with Crippen molar-refractivity contribution in [2.45, 2.75) is 0 Å². The third-order valence-electron chi connectivity index (χ3n) is 3.81. The molecule has 26 heavy (non-hydrogen) atoms. The van der Waals surface area contributed by atoms with E-state index in [0.29, 0.717) is 10.7 Å². The fourth-order valence-corrected chi connectivity index (χ4v) is 3.68. The molecule has 0 spiro atoms. The number of nitrogens with zero attached hydrogens (tertiary/aromatic N) is 1. The summed E-state index contributed by atoms with van der Waals surface area (Å²) in [5, 5.41) is 6.02. The van der Waals surface area contributed by atoms with Crippen LogP contribution in [0.25, 0.3) is 22.2 Å². The molecule has 2 aromatic heterocycles. The highest BCUT2D eigenvalue weighted by molar-refractivity contribution is 9.10. The minimum absolute atomic E-state index is 0.243. The zero-order valence-electron chi connectivity index (χ0n) is 13.7. The van der Waals surface area contributed by atoms with Gasteiger partial charge in [-0.25, -0.2) is 4.98 Å². The molecule has 2 heterocycles. The van der Waals surface area contributed by atoms with Gasteiger partial charge in [0.2, 0.25) is 0 Å². The van der Waals surface area contributed by atoms with E-state index >= 15 is 0 Å². The van der Waals surface area contributed by atoms with E-state index < -0.39 is 0 Å². The van der Waals surface area contributed by atoms with E-state index in [1.54, 1.807) is 13.2 Å². The number of nitrogens with one attached hydrogen (secondary N) is 1. The van der Waals surface area contributed by atoms with Crippen molar-refractivity contribution in [3.05, 3.63) is 64.1 Å². The zero-order valence-corrected chi connectivity index (χ0v) is 16.1. The first kappa shape index (κ1) is 16.8. The minimum atomic E-state index is -0.335. The van der Waals surface area contributed by atoms with E-state index in [1.807, 2.05) is 47.8 Å². The molecule has 1 amide bonds. The average Bonchev–Trinajstić information content (AvgIpc) is 3.28. The Hall–Kier alpha value is -2.64. The number of anilines is 1. The Labute approximate surface area is 161 Å². The first-order valence-corrected chi connectivity index (χ1v) is 9.40. The predicted octanol–water partition coefficient (Wildman–Crippen LogP) is 5.58. The molecule has 0 unspecified atom stereocenters. The summed E-state index contributed by atoms with van der Waals surface area (Å²) in [6.07, 6.45) is 0. The van der Waals surface area contributed by atoms with E-state index in [2.05, 4.69) is 26.2 Å². The topological polar surface area (TPSA) is 64.4 Å². The van der Waals surface area contributed by atoms with Crippen LogP contribution in [0.1, 0.15) is 10.6 Å². The largest absolute Gasteiger partial charge is 0.496 e. The Balaban J connectivity index is 1.57. The van der Waals surface area contributed by atoms with Crippen molar-refractivity contribution in [3.63, 3.8) is 0 Å². The van der Waals surface area contributed by atoms with Crippen LogP contribution in [0.3, 0.4) is 0 Å². The highest BCUT2D eigenvalue weighted by Gasteiger charge is 2.15. The minimum Gasteiger partial charge on any atom is -0.496 e.